The van der Waals surface area contributed by atoms with E-state index in [1.165, 1.54) is 23.4 Å². The number of hydrogen-bond acceptors (Lipinski definition) is 4. The Morgan fingerprint density at radius 2 is 1.70 bits per heavy atom. The van der Waals surface area contributed by atoms with Crippen molar-refractivity contribution >= 4 is 27.5 Å². The van der Waals surface area contributed by atoms with Crippen LogP contribution in [-0.4, -0.2) is 62.1 Å². The Balaban J connectivity index is 1.61. The summed E-state index contributed by atoms with van der Waals surface area (Å²) < 4.78 is 30.6. The second kappa shape index (κ2) is 8.80. The zero-order valence-electron chi connectivity index (χ0n) is 15.7. The van der Waals surface area contributed by atoms with Gasteiger partial charge in [-0.1, -0.05) is 24.4 Å². The topological polar surface area (TPSA) is 66.9 Å². The number of benzene rings is 1. The van der Waals surface area contributed by atoms with E-state index in [0.717, 1.165) is 25.9 Å². The standard InChI is InChI=1S/C19H27ClN2O4S/c1-27(24,25)22-12-8-16(9-13-22)26-18-7-6-15(14-17(18)20)19(23)21-10-4-2-3-5-11-21/h6-7,14,16H,2-5,8-13H2,1H3. The van der Waals surface area contributed by atoms with Gasteiger partial charge >= 0.3 is 0 Å². The number of rotatable bonds is 4. The first-order valence-electron chi connectivity index (χ1n) is 9.55. The van der Waals surface area contributed by atoms with Gasteiger partial charge < -0.3 is 9.64 Å². The second-order valence-electron chi connectivity index (χ2n) is 7.33. The highest BCUT2D eigenvalue weighted by Crippen LogP contribution is 2.29. The maximum absolute atomic E-state index is 12.7. The zero-order chi connectivity index (χ0) is 19.4. The molecule has 0 unspecified atom stereocenters. The Morgan fingerprint density at radius 3 is 2.26 bits per heavy atom. The number of sulfonamides is 1. The molecule has 0 saturated carbocycles. The van der Waals surface area contributed by atoms with Crippen molar-refractivity contribution in [3.63, 3.8) is 0 Å². The lowest BCUT2D eigenvalue weighted by Gasteiger charge is -2.30. The third-order valence-electron chi connectivity index (χ3n) is 5.24. The number of hydrogen-bond donors (Lipinski definition) is 0. The molecule has 0 spiro atoms. The minimum absolute atomic E-state index is 0.0202. The Hall–Kier alpha value is -1.31. The van der Waals surface area contributed by atoms with E-state index in [2.05, 4.69) is 0 Å². The van der Waals surface area contributed by atoms with Gasteiger partial charge in [0.1, 0.15) is 11.9 Å². The van der Waals surface area contributed by atoms with Crippen LogP contribution >= 0.6 is 11.6 Å². The molecule has 0 radical (unpaired) electrons. The van der Waals surface area contributed by atoms with Crippen molar-refractivity contribution in [1.29, 1.82) is 0 Å². The summed E-state index contributed by atoms with van der Waals surface area (Å²) in [6, 6.07) is 5.19. The number of carbonyl (C=O) groups is 1. The molecule has 0 atom stereocenters. The molecule has 0 aliphatic carbocycles. The van der Waals surface area contributed by atoms with Crippen LogP contribution in [0.4, 0.5) is 0 Å². The molecule has 1 aromatic carbocycles. The highest BCUT2D eigenvalue weighted by molar-refractivity contribution is 7.88. The predicted octanol–water partition coefficient (Wildman–Crippen LogP) is 3.16. The molecule has 2 fully saturated rings. The first kappa shape index (κ1) is 20.4. The van der Waals surface area contributed by atoms with Crippen molar-refractivity contribution in [2.24, 2.45) is 0 Å². The lowest BCUT2D eigenvalue weighted by atomic mass is 10.1. The highest BCUT2D eigenvalue weighted by atomic mass is 35.5. The van der Waals surface area contributed by atoms with Gasteiger partial charge in [-0.3, -0.25) is 4.79 Å². The van der Waals surface area contributed by atoms with Crippen LogP contribution in [0.15, 0.2) is 18.2 Å². The summed E-state index contributed by atoms with van der Waals surface area (Å²) in [7, 11) is -3.15. The highest BCUT2D eigenvalue weighted by Gasteiger charge is 2.26. The molecule has 2 aliphatic rings. The predicted molar refractivity (Wildman–Crippen MR) is 106 cm³/mol. The Kier molecular flexibility index (Phi) is 6.65. The van der Waals surface area contributed by atoms with Crippen molar-refractivity contribution in [3.05, 3.63) is 28.8 Å². The maximum atomic E-state index is 12.7. The van der Waals surface area contributed by atoms with Crippen molar-refractivity contribution in [1.82, 2.24) is 9.21 Å². The van der Waals surface area contributed by atoms with Crippen molar-refractivity contribution in [2.75, 3.05) is 32.4 Å². The molecule has 0 aromatic heterocycles. The molecular formula is C19H27ClN2O4S. The van der Waals surface area contributed by atoms with Gasteiger partial charge in [0.25, 0.3) is 5.91 Å². The summed E-state index contributed by atoms with van der Waals surface area (Å²) in [5.41, 5.74) is 0.584. The maximum Gasteiger partial charge on any atom is 0.253 e. The van der Waals surface area contributed by atoms with Gasteiger partial charge in [0.2, 0.25) is 10.0 Å². The molecule has 2 aliphatic heterocycles. The Bertz CT molecular complexity index is 768. The number of nitrogens with zero attached hydrogens (tertiary/aromatic N) is 2. The Labute approximate surface area is 166 Å². The molecule has 0 N–H and O–H groups in total. The van der Waals surface area contributed by atoms with E-state index in [4.69, 9.17) is 16.3 Å². The fourth-order valence-electron chi connectivity index (χ4n) is 3.65. The third kappa shape index (κ3) is 5.36. The van der Waals surface area contributed by atoms with Crippen molar-refractivity contribution < 1.29 is 17.9 Å². The normalized spacial score (nSPS) is 20.3. The average Bonchev–Trinajstić information content (AvgIpc) is 2.92. The summed E-state index contributed by atoms with van der Waals surface area (Å²) in [4.78, 5) is 14.6. The van der Waals surface area contributed by atoms with E-state index in [9.17, 15) is 13.2 Å². The summed E-state index contributed by atoms with van der Waals surface area (Å²) in [5, 5.41) is 0.418. The van der Waals surface area contributed by atoms with E-state index in [0.29, 0.717) is 42.3 Å². The van der Waals surface area contributed by atoms with Gasteiger partial charge in [-0.25, -0.2) is 12.7 Å². The Morgan fingerprint density at radius 1 is 1.07 bits per heavy atom. The van der Waals surface area contributed by atoms with E-state index in [-0.39, 0.29) is 12.0 Å². The molecule has 2 saturated heterocycles. The van der Waals surface area contributed by atoms with Crippen LogP contribution in [-0.2, 0) is 10.0 Å². The summed E-state index contributed by atoms with van der Waals surface area (Å²) >= 11 is 6.36. The van der Waals surface area contributed by atoms with Crippen molar-refractivity contribution in [2.45, 2.75) is 44.6 Å². The molecule has 3 rings (SSSR count). The molecule has 6 nitrogen and oxygen atoms in total. The first-order chi connectivity index (χ1) is 12.8. The quantitative estimate of drug-likeness (QED) is 0.758. The summed E-state index contributed by atoms with van der Waals surface area (Å²) in [6.07, 6.45) is 6.85. The van der Waals surface area contributed by atoms with E-state index < -0.39 is 10.0 Å². The summed E-state index contributed by atoms with van der Waals surface area (Å²) in [6.45, 7) is 2.50. The molecule has 27 heavy (non-hydrogen) atoms. The molecule has 2 heterocycles. The average molecular weight is 415 g/mol. The molecule has 8 heteroatoms. The fraction of sp³-hybridized carbons (Fsp3) is 0.632. The van der Waals surface area contributed by atoms with Crippen LogP contribution < -0.4 is 4.74 Å². The number of piperidine rings is 1. The van der Waals surface area contributed by atoms with Gasteiger partial charge in [0.05, 0.1) is 11.3 Å². The van der Waals surface area contributed by atoms with Crippen molar-refractivity contribution in [3.8, 4) is 5.75 Å². The zero-order valence-corrected chi connectivity index (χ0v) is 17.3. The smallest absolute Gasteiger partial charge is 0.253 e. The monoisotopic (exact) mass is 414 g/mol. The number of ether oxygens (including phenoxy) is 1. The largest absolute Gasteiger partial charge is 0.489 e. The lowest BCUT2D eigenvalue weighted by Crippen LogP contribution is -2.41. The van der Waals surface area contributed by atoms with Crippen LogP contribution in [0.3, 0.4) is 0 Å². The van der Waals surface area contributed by atoms with Crippen LogP contribution in [0.2, 0.25) is 5.02 Å². The molecule has 1 aromatic rings. The van der Waals surface area contributed by atoms with Gasteiger partial charge in [0, 0.05) is 31.7 Å². The van der Waals surface area contributed by atoms with Gasteiger partial charge in [-0.2, -0.15) is 0 Å². The van der Waals surface area contributed by atoms with E-state index >= 15 is 0 Å². The number of amides is 1. The SMILES string of the molecule is CS(=O)(=O)N1CCC(Oc2ccc(C(=O)N3CCCCCC3)cc2Cl)CC1. The van der Waals surface area contributed by atoms with Gasteiger partial charge in [-0.15, -0.1) is 0 Å². The van der Waals surface area contributed by atoms with Crippen LogP contribution in [0.1, 0.15) is 48.9 Å². The van der Waals surface area contributed by atoms with Crippen LogP contribution in [0.25, 0.3) is 0 Å². The third-order valence-corrected chi connectivity index (χ3v) is 6.83. The number of likely N-dealkylation sites (tertiary alicyclic amines) is 1. The number of carbonyl (C=O) groups excluding carboxylic acids is 1. The first-order valence-corrected chi connectivity index (χ1v) is 11.8. The molecule has 0 bridgehead atoms. The summed E-state index contributed by atoms with van der Waals surface area (Å²) in [5.74, 6) is 0.564. The van der Waals surface area contributed by atoms with E-state index in [1.807, 2.05) is 4.90 Å². The number of halogens is 1. The van der Waals surface area contributed by atoms with Crippen LogP contribution in [0.5, 0.6) is 5.75 Å². The van der Waals surface area contributed by atoms with Gasteiger partial charge in [0.15, 0.2) is 0 Å². The van der Waals surface area contributed by atoms with Gasteiger partial charge in [-0.05, 0) is 43.9 Å². The molecule has 150 valence electrons. The second-order valence-corrected chi connectivity index (χ2v) is 9.72. The minimum atomic E-state index is -3.15. The molecular weight excluding hydrogens is 388 g/mol. The van der Waals surface area contributed by atoms with E-state index in [1.54, 1.807) is 18.2 Å². The molecule has 1 amide bonds. The minimum Gasteiger partial charge on any atom is -0.489 e. The van der Waals surface area contributed by atoms with Crippen LogP contribution in [0, 0.1) is 0 Å². The lowest BCUT2D eigenvalue weighted by molar-refractivity contribution is 0.0761. The fourth-order valence-corrected chi connectivity index (χ4v) is 4.75.